The normalized spacial score (nSPS) is 49.8. The van der Waals surface area contributed by atoms with Crippen molar-refractivity contribution in [2.24, 2.45) is 16.9 Å². The van der Waals surface area contributed by atoms with Crippen LogP contribution in [0.15, 0.2) is 5.10 Å². The lowest BCUT2D eigenvalue weighted by molar-refractivity contribution is 0.517. The Hall–Kier alpha value is -0.530. The van der Waals surface area contributed by atoms with Gasteiger partial charge in [-0.3, -0.25) is 0 Å². The lowest BCUT2D eigenvalue weighted by Gasteiger charge is -2.03. The van der Waals surface area contributed by atoms with Gasteiger partial charge in [-0.1, -0.05) is 6.92 Å². The molecule has 3 atom stereocenters. The van der Waals surface area contributed by atoms with Gasteiger partial charge in [0, 0.05) is 23.6 Å². The topological polar surface area (TPSA) is 24.4 Å². The number of fused-ring (bicyclic) bond motifs is 1. The first-order chi connectivity index (χ1) is 3.80. The molecule has 1 saturated carbocycles. The first-order valence-corrected chi connectivity index (χ1v) is 3.13. The van der Waals surface area contributed by atoms with Gasteiger partial charge in [0.25, 0.3) is 0 Å². The molecular formula is C6H10N2. The summed E-state index contributed by atoms with van der Waals surface area (Å²) in [6, 6.07) is 0.611. The fourth-order valence-corrected chi connectivity index (χ4v) is 1.53. The van der Waals surface area contributed by atoms with Gasteiger partial charge < -0.3 is 5.43 Å². The average molecular weight is 110 g/mol. The maximum atomic E-state index is 4.14. The van der Waals surface area contributed by atoms with Crippen molar-refractivity contribution in [3.63, 3.8) is 0 Å². The van der Waals surface area contributed by atoms with E-state index in [-0.39, 0.29) is 0 Å². The predicted molar refractivity (Wildman–Crippen MR) is 32.7 cm³/mol. The Morgan fingerprint density at radius 2 is 2.25 bits per heavy atom. The first kappa shape index (κ1) is 4.36. The molecule has 3 unspecified atom stereocenters. The van der Waals surface area contributed by atoms with Crippen LogP contribution in [0.25, 0.3) is 0 Å². The standard InChI is InChI=1S/C6H10N2/c1-3-5-4(2)7-8-6(3)5/h3-5,7H,1-2H3. The van der Waals surface area contributed by atoms with E-state index in [1.54, 1.807) is 0 Å². The molecule has 8 heavy (non-hydrogen) atoms. The highest BCUT2D eigenvalue weighted by atomic mass is 15.4. The van der Waals surface area contributed by atoms with E-state index in [2.05, 4.69) is 24.4 Å². The summed E-state index contributed by atoms with van der Waals surface area (Å²) in [7, 11) is 0. The van der Waals surface area contributed by atoms with Gasteiger partial charge in [-0.2, -0.15) is 5.10 Å². The van der Waals surface area contributed by atoms with E-state index >= 15 is 0 Å². The quantitative estimate of drug-likeness (QED) is 0.485. The van der Waals surface area contributed by atoms with Gasteiger partial charge in [0.1, 0.15) is 0 Å². The Morgan fingerprint density at radius 1 is 1.50 bits per heavy atom. The molecule has 0 radical (unpaired) electrons. The molecule has 2 aliphatic rings. The Morgan fingerprint density at radius 3 is 2.50 bits per heavy atom. The van der Waals surface area contributed by atoms with E-state index in [1.807, 2.05) is 0 Å². The summed E-state index contributed by atoms with van der Waals surface area (Å²) < 4.78 is 0. The van der Waals surface area contributed by atoms with Crippen LogP contribution in [0.3, 0.4) is 0 Å². The van der Waals surface area contributed by atoms with Crippen LogP contribution in [0.4, 0.5) is 0 Å². The summed E-state index contributed by atoms with van der Waals surface area (Å²) in [6.07, 6.45) is 0. The largest absolute Gasteiger partial charge is 0.307 e. The Bertz CT molecular complexity index is 151. The van der Waals surface area contributed by atoms with Crippen molar-refractivity contribution in [2.75, 3.05) is 0 Å². The van der Waals surface area contributed by atoms with E-state index in [0.29, 0.717) is 6.04 Å². The molecule has 2 heteroatoms. The zero-order chi connectivity index (χ0) is 5.72. The zero-order valence-electron chi connectivity index (χ0n) is 5.18. The van der Waals surface area contributed by atoms with Crippen molar-refractivity contribution in [1.82, 2.24) is 5.43 Å². The zero-order valence-corrected chi connectivity index (χ0v) is 5.18. The SMILES string of the molecule is CC1NN=C2C(C)C21. The maximum absolute atomic E-state index is 4.14. The highest BCUT2D eigenvalue weighted by Crippen LogP contribution is 2.40. The molecule has 1 aliphatic heterocycles. The highest BCUT2D eigenvalue weighted by molar-refractivity contribution is 6.05. The van der Waals surface area contributed by atoms with Crippen LogP contribution in [0, 0.1) is 11.8 Å². The monoisotopic (exact) mass is 110 g/mol. The molecule has 0 aromatic carbocycles. The molecule has 1 fully saturated rings. The number of nitrogens with one attached hydrogen (secondary N) is 1. The Labute approximate surface area is 49.0 Å². The summed E-state index contributed by atoms with van der Waals surface area (Å²) in [5.41, 5.74) is 4.42. The van der Waals surface area contributed by atoms with E-state index in [9.17, 15) is 0 Å². The van der Waals surface area contributed by atoms with Crippen LogP contribution in [-0.4, -0.2) is 11.8 Å². The number of rotatable bonds is 0. The minimum absolute atomic E-state index is 0.611. The summed E-state index contributed by atoms with van der Waals surface area (Å²) in [6.45, 7) is 4.42. The van der Waals surface area contributed by atoms with Gasteiger partial charge in [-0.05, 0) is 6.92 Å². The maximum Gasteiger partial charge on any atom is 0.0499 e. The van der Waals surface area contributed by atoms with Crippen molar-refractivity contribution < 1.29 is 0 Å². The van der Waals surface area contributed by atoms with E-state index < -0.39 is 0 Å². The van der Waals surface area contributed by atoms with Gasteiger partial charge in [0.15, 0.2) is 0 Å². The third-order valence-corrected chi connectivity index (χ3v) is 2.17. The molecule has 0 aromatic heterocycles. The molecular weight excluding hydrogens is 100 g/mol. The Balaban J connectivity index is 2.22. The first-order valence-electron chi connectivity index (χ1n) is 3.13. The molecule has 2 nitrogen and oxygen atoms in total. The van der Waals surface area contributed by atoms with Gasteiger partial charge in [0.05, 0.1) is 0 Å². The number of hydrazone groups is 1. The third-order valence-electron chi connectivity index (χ3n) is 2.17. The number of hydrogen-bond acceptors (Lipinski definition) is 2. The van der Waals surface area contributed by atoms with Gasteiger partial charge >= 0.3 is 0 Å². The number of hydrogen-bond donors (Lipinski definition) is 1. The van der Waals surface area contributed by atoms with Gasteiger partial charge in [-0.15, -0.1) is 0 Å². The molecule has 44 valence electrons. The molecule has 1 aliphatic carbocycles. The van der Waals surface area contributed by atoms with Crippen LogP contribution in [-0.2, 0) is 0 Å². The summed E-state index contributed by atoms with van der Waals surface area (Å²) in [4.78, 5) is 0. The van der Waals surface area contributed by atoms with Crippen LogP contribution in [0.2, 0.25) is 0 Å². The molecule has 0 bridgehead atoms. The average Bonchev–Trinajstić information content (AvgIpc) is 2.13. The van der Waals surface area contributed by atoms with Crippen molar-refractivity contribution in [1.29, 1.82) is 0 Å². The molecule has 0 aromatic rings. The fourth-order valence-electron chi connectivity index (χ4n) is 1.53. The molecule has 1 N–H and O–H groups in total. The lowest BCUT2D eigenvalue weighted by Crippen LogP contribution is -2.19. The highest BCUT2D eigenvalue weighted by Gasteiger charge is 2.49. The van der Waals surface area contributed by atoms with Crippen LogP contribution < -0.4 is 5.43 Å². The molecule has 2 rings (SSSR count). The predicted octanol–water partition coefficient (Wildman–Crippen LogP) is 0.600. The van der Waals surface area contributed by atoms with E-state index in [1.165, 1.54) is 5.71 Å². The van der Waals surface area contributed by atoms with E-state index in [4.69, 9.17) is 0 Å². The van der Waals surface area contributed by atoms with Crippen molar-refractivity contribution in [3.05, 3.63) is 0 Å². The van der Waals surface area contributed by atoms with Crippen LogP contribution in [0.1, 0.15) is 13.8 Å². The lowest BCUT2D eigenvalue weighted by atomic mass is 10.2. The second-order valence-electron chi connectivity index (χ2n) is 2.77. The van der Waals surface area contributed by atoms with Crippen molar-refractivity contribution in [2.45, 2.75) is 19.9 Å². The second kappa shape index (κ2) is 1.07. The third kappa shape index (κ3) is 0.320. The smallest absolute Gasteiger partial charge is 0.0499 e. The number of nitrogens with zero attached hydrogens (tertiary/aromatic N) is 1. The minimum atomic E-state index is 0.611. The van der Waals surface area contributed by atoms with Gasteiger partial charge in [0.2, 0.25) is 0 Å². The second-order valence-corrected chi connectivity index (χ2v) is 2.77. The van der Waals surface area contributed by atoms with Crippen molar-refractivity contribution >= 4 is 5.71 Å². The summed E-state index contributed by atoms with van der Waals surface area (Å²) in [5, 5.41) is 4.14. The van der Waals surface area contributed by atoms with Crippen LogP contribution in [0.5, 0.6) is 0 Å². The molecule has 0 spiro atoms. The molecule has 0 amide bonds. The van der Waals surface area contributed by atoms with E-state index in [0.717, 1.165) is 11.8 Å². The van der Waals surface area contributed by atoms with Crippen LogP contribution >= 0.6 is 0 Å². The Kier molecular flexibility index (Phi) is 0.581. The van der Waals surface area contributed by atoms with Crippen molar-refractivity contribution in [3.8, 4) is 0 Å². The summed E-state index contributed by atoms with van der Waals surface area (Å²) >= 11 is 0. The fraction of sp³-hybridized carbons (Fsp3) is 0.833. The summed E-state index contributed by atoms with van der Waals surface area (Å²) in [5.74, 6) is 1.57. The molecule has 1 heterocycles. The minimum Gasteiger partial charge on any atom is -0.307 e. The molecule has 0 saturated heterocycles. The van der Waals surface area contributed by atoms with Gasteiger partial charge in [-0.25, -0.2) is 0 Å².